The third kappa shape index (κ3) is 3.87. The van der Waals surface area contributed by atoms with Gasteiger partial charge >= 0.3 is 5.97 Å². The Bertz CT molecular complexity index is 1170. The van der Waals surface area contributed by atoms with Crippen LogP contribution in [0.4, 0.5) is 5.13 Å². The third-order valence-electron chi connectivity index (χ3n) is 4.80. The normalized spacial score (nSPS) is 20.6. The minimum atomic E-state index is -1.26. The van der Waals surface area contributed by atoms with E-state index in [9.17, 15) is 24.7 Å². The fraction of sp³-hybridized carbons (Fsp3) is 0.235. The Balaban J connectivity index is 1.53. The van der Waals surface area contributed by atoms with Crippen molar-refractivity contribution in [1.29, 1.82) is 0 Å². The molecule has 0 radical (unpaired) electrons. The lowest BCUT2D eigenvalue weighted by Gasteiger charge is -2.50. The number of halogens is 1. The molecule has 0 aromatic carbocycles. The van der Waals surface area contributed by atoms with E-state index in [1.165, 1.54) is 6.20 Å². The zero-order valence-electron chi connectivity index (χ0n) is 15.9. The number of rotatable bonds is 6. The van der Waals surface area contributed by atoms with Crippen molar-refractivity contribution >= 4 is 63.3 Å². The van der Waals surface area contributed by atoms with Crippen LogP contribution >= 0.6 is 34.7 Å². The molecule has 32 heavy (non-hydrogen) atoms. The molecule has 0 bridgehead atoms. The lowest BCUT2D eigenvalue weighted by Crippen LogP contribution is -2.72. The van der Waals surface area contributed by atoms with E-state index >= 15 is 0 Å². The molecule has 1 fully saturated rings. The summed E-state index contributed by atoms with van der Waals surface area (Å²) in [6.45, 7) is 0. The van der Waals surface area contributed by atoms with Crippen LogP contribution < -0.4 is 11.1 Å². The molecule has 0 saturated carbocycles. The average molecular weight is 496 g/mol. The number of thioether (sulfide) groups is 1. The lowest BCUT2D eigenvalue weighted by molar-refractivity contribution is -0.155. The fourth-order valence-electron chi connectivity index (χ4n) is 3.47. The summed E-state index contributed by atoms with van der Waals surface area (Å²) in [4.78, 5) is 42.8. The smallest absolute Gasteiger partial charge is 0.353 e. The number of nitrogen functional groups attached to an aromatic ring is 1. The highest BCUT2D eigenvalue weighted by Gasteiger charge is 2.54. The molecular weight excluding hydrogens is 482 g/mol. The summed E-state index contributed by atoms with van der Waals surface area (Å²) in [6.07, 6.45) is 2.27. The number of fused-ring (bicyclic) bond motifs is 1. The Hall–Kier alpha value is -3.23. The number of carboxylic acid groups (broad SMARTS) is 1. The zero-order valence-corrected chi connectivity index (χ0v) is 18.3. The number of carbonyl (C=O) groups excluding carboxylic acids is 2. The second-order valence-electron chi connectivity index (χ2n) is 6.63. The molecule has 2 aliphatic rings. The van der Waals surface area contributed by atoms with Crippen LogP contribution in [-0.4, -0.2) is 66.0 Å². The molecule has 5 N–H and O–H groups in total. The summed E-state index contributed by atoms with van der Waals surface area (Å²) in [5, 5.41) is 32.7. The predicted octanol–water partition coefficient (Wildman–Crippen LogP) is 0.925. The topological polar surface area (TPSA) is 184 Å². The monoisotopic (exact) mass is 495 g/mol. The first kappa shape index (κ1) is 22.0. The van der Waals surface area contributed by atoms with E-state index in [2.05, 4.69) is 25.7 Å². The first-order valence-corrected chi connectivity index (χ1v) is 11.0. The summed E-state index contributed by atoms with van der Waals surface area (Å²) in [7, 11) is 0. The molecule has 2 aromatic rings. The van der Waals surface area contributed by atoms with Gasteiger partial charge in [0.25, 0.3) is 11.8 Å². The van der Waals surface area contributed by atoms with Gasteiger partial charge in [-0.1, -0.05) is 39.9 Å². The van der Waals surface area contributed by atoms with Gasteiger partial charge in [0.05, 0.1) is 6.04 Å². The first-order valence-electron chi connectivity index (χ1n) is 9.02. The number of carboxylic acids is 1. The van der Waals surface area contributed by atoms with E-state index in [4.69, 9.17) is 17.3 Å². The number of aromatic nitrogens is 3. The Morgan fingerprint density at radius 2 is 2.22 bits per heavy atom. The number of allylic oxidation sites excluding steroid dienone is 1. The highest BCUT2D eigenvalue weighted by Crippen LogP contribution is 2.42. The van der Waals surface area contributed by atoms with Gasteiger partial charge in [0, 0.05) is 11.1 Å². The van der Waals surface area contributed by atoms with Crippen LogP contribution in [0.25, 0.3) is 0 Å². The number of β-lactam (4-membered cyclic amide) rings is 1. The van der Waals surface area contributed by atoms with Gasteiger partial charge < -0.3 is 21.4 Å². The van der Waals surface area contributed by atoms with Crippen molar-refractivity contribution in [2.24, 2.45) is 5.16 Å². The van der Waals surface area contributed by atoms with Gasteiger partial charge in [-0.2, -0.15) is 5.10 Å². The van der Waals surface area contributed by atoms with Crippen LogP contribution in [-0.2, 0) is 14.4 Å². The Labute approximate surface area is 193 Å². The van der Waals surface area contributed by atoms with Crippen LogP contribution in [0.5, 0.6) is 0 Å². The number of anilines is 1. The summed E-state index contributed by atoms with van der Waals surface area (Å²) in [5.74, 6) is -2.75. The van der Waals surface area contributed by atoms with Gasteiger partial charge in [-0.05, 0) is 25.0 Å². The molecule has 15 heteroatoms. The fourth-order valence-corrected chi connectivity index (χ4v) is 5.39. The molecule has 2 aromatic heterocycles. The molecule has 2 amide bonds. The first-order chi connectivity index (χ1) is 15.3. The van der Waals surface area contributed by atoms with Crippen molar-refractivity contribution in [3.63, 3.8) is 0 Å². The molecule has 0 spiro atoms. The maximum atomic E-state index is 12.8. The minimum absolute atomic E-state index is 0.0476. The number of amides is 2. The summed E-state index contributed by atoms with van der Waals surface area (Å²) < 4.78 is 0.0476. The quantitative estimate of drug-likeness (QED) is 0.194. The van der Waals surface area contributed by atoms with Crippen molar-refractivity contribution in [3.8, 4) is 0 Å². The second kappa shape index (κ2) is 8.72. The van der Waals surface area contributed by atoms with Crippen molar-refractivity contribution in [1.82, 2.24) is 25.4 Å². The van der Waals surface area contributed by atoms with E-state index < -0.39 is 35.6 Å². The molecule has 2 aliphatic heterocycles. The second-order valence-corrected chi connectivity index (χ2v) is 9.38. The Morgan fingerprint density at radius 1 is 1.44 bits per heavy atom. The Kier molecular flexibility index (Phi) is 5.99. The van der Waals surface area contributed by atoms with E-state index in [0.29, 0.717) is 22.8 Å². The molecular formula is C17H14ClN7O5S2. The lowest BCUT2D eigenvalue weighted by atomic mass is 9.86. The summed E-state index contributed by atoms with van der Waals surface area (Å²) in [6, 6.07) is 1.79. The number of hydrogen-bond donors (Lipinski definition) is 4. The van der Waals surface area contributed by atoms with Crippen molar-refractivity contribution in [2.45, 2.75) is 30.0 Å². The van der Waals surface area contributed by atoms with Gasteiger partial charge in [0.2, 0.25) is 0 Å². The highest BCUT2D eigenvalue weighted by atomic mass is 35.5. The van der Waals surface area contributed by atoms with E-state index in [1.54, 1.807) is 12.1 Å². The molecule has 0 unspecified atom stereocenters. The van der Waals surface area contributed by atoms with Gasteiger partial charge in [-0.3, -0.25) is 14.5 Å². The van der Waals surface area contributed by atoms with E-state index in [1.807, 2.05) is 0 Å². The van der Waals surface area contributed by atoms with Crippen molar-refractivity contribution < 1.29 is 24.7 Å². The zero-order chi connectivity index (χ0) is 23.0. The van der Waals surface area contributed by atoms with Crippen molar-refractivity contribution in [2.75, 3.05) is 5.73 Å². The number of oxime groups is 1. The van der Waals surface area contributed by atoms with Gasteiger partial charge in [0.15, 0.2) is 10.8 Å². The van der Waals surface area contributed by atoms with Crippen LogP contribution in [0, 0.1) is 0 Å². The number of nitrogens with zero attached hydrogens (tertiary/aromatic N) is 5. The largest absolute Gasteiger partial charge is 0.477 e. The number of aliphatic carboxylic acids is 1. The standard InChI is InChI=1S/C17H14ClN7O5S2/c18-13-10(22-17(19)32-13)11(24-30)14(26)21-9-6-3-4-7(31-8-2-1-5-20-23-8)12(16(28)29)25(6)15(9)27/h1-2,5-6,9,30H,3-4H2,(H2,19,22)(H,21,26)(H,28,29)/b24-11-/t6-,9+/m1/s1. The van der Waals surface area contributed by atoms with Crippen molar-refractivity contribution in [3.05, 3.63) is 39.0 Å². The number of hydrogen-bond acceptors (Lipinski definition) is 11. The van der Waals surface area contributed by atoms with Gasteiger partial charge in [-0.15, -0.1) is 5.10 Å². The van der Waals surface area contributed by atoms with Crippen LogP contribution in [0.15, 0.2) is 39.1 Å². The minimum Gasteiger partial charge on any atom is -0.477 e. The van der Waals surface area contributed by atoms with Crippen LogP contribution in [0.3, 0.4) is 0 Å². The van der Waals surface area contributed by atoms with Gasteiger partial charge in [-0.25, -0.2) is 9.78 Å². The molecule has 4 rings (SSSR count). The maximum absolute atomic E-state index is 12.8. The molecule has 4 heterocycles. The van der Waals surface area contributed by atoms with E-state index in [-0.39, 0.29) is 20.9 Å². The average Bonchev–Trinajstić information content (AvgIpc) is 3.10. The van der Waals surface area contributed by atoms with E-state index in [0.717, 1.165) is 28.0 Å². The molecule has 12 nitrogen and oxygen atoms in total. The summed E-state index contributed by atoms with van der Waals surface area (Å²) in [5.41, 5.74) is 4.78. The maximum Gasteiger partial charge on any atom is 0.353 e. The SMILES string of the molecule is Nc1nc(/C(=N/O)C(=O)N[C@@H]2C(=O)N3C(C(=O)O)=C(Sc4cccnn4)CC[C@H]23)c(Cl)s1. The van der Waals surface area contributed by atoms with Crippen LogP contribution in [0.1, 0.15) is 18.5 Å². The third-order valence-corrected chi connectivity index (χ3v) is 6.95. The number of nitrogens with two attached hydrogens (primary N) is 1. The Morgan fingerprint density at radius 3 is 2.81 bits per heavy atom. The molecule has 1 saturated heterocycles. The van der Waals surface area contributed by atoms with Gasteiger partial charge in [0.1, 0.15) is 26.8 Å². The summed E-state index contributed by atoms with van der Waals surface area (Å²) >= 11 is 7.99. The molecule has 2 atom stereocenters. The highest BCUT2D eigenvalue weighted by molar-refractivity contribution is 8.03. The molecule has 166 valence electrons. The number of nitrogens with one attached hydrogen (secondary N) is 1. The molecule has 0 aliphatic carbocycles. The number of thiazole rings is 1. The predicted molar refractivity (Wildman–Crippen MR) is 114 cm³/mol. The number of carbonyl (C=O) groups is 3. The van der Waals surface area contributed by atoms with Crippen LogP contribution in [0.2, 0.25) is 4.34 Å².